The van der Waals surface area contributed by atoms with E-state index >= 15 is 0 Å². The van der Waals surface area contributed by atoms with Crippen molar-refractivity contribution in [3.05, 3.63) is 63.0 Å². The number of hydrogen-bond acceptors (Lipinski definition) is 4. The zero-order chi connectivity index (χ0) is 14.8. The average molecular weight is 368 g/mol. The molecule has 2 aromatic heterocycles. The highest BCUT2D eigenvalue weighted by Crippen LogP contribution is 2.15. The van der Waals surface area contributed by atoms with Crippen molar-refractivity contribution in [2.75, 3.05) is 0 Å². The smallest absolute Gasteiger partial charge is 0.237 e. The van der Waals surface area contributed by atoms with Crippen LogP contribution in [0.3, 0.4) is 0 Å². The molecule has 1 aromatic carbocycles. The quantitative estimate of drug-likeness (QED) is 0.706. The van der Waals surface area contributed by atoms with E-state index in [0.717, 1.165) is 15.7 Å². The Bertz CT molecular complexity index is 731. The monoisotopic (exact) mass is 366 g/mol. The number of aryl methyl sites for hydroxylation is 1. The van der Waals surface area contributed by atoms with Crippen LogP contribution in [0.15, 0.2) is 39.4 Å². The molecule has 7 heteroatoms. The number of benzene rings is 1. The second-order valence-electron chi connectivity index (χ2n) is 4.65. The van der Waals surface area contributed by atoms with Gasteiger partial charge in [-0.05, 0) is 40.5 Å². The molecule has 0 fully saturated rings. The molecular weight excluding hydrogens is 356 g/mol. The number of halogens is 2. The minimum atomic E-state index is 0.458. The zero-order valence-corrected chi connectivity index (χ0v) is 13.6. The largest absolute Gasteiger partial charge is 0.423 e. The molecule has 0 amide bonds. The summed E-state index contributed by atoms with van der Waals surface area (Å²) in [4.78, 5) is 0. The van der Waals surface area contributed by atoms with Crippen molar-refractivity contribution < 1.29 is 4.42 Å². The molecule has 0 aliphatic rings. The lowest BCUT2D eigenvalue weighted by Gasteiger charge is -1.97. The summed E-state index contributed by atoms with van der Waals surface area (Å²) < 4.78 is 8.36. The van der Waals surface area contributed by atoms with Crippen molar-refractivity contribution in [1.29, 1.82) is 0 Å². The van der Waals surface area contributed by atoms with Crippen LogP contribution in [0.5, 0.6) is 0 Å². The maximum Gasteiger partial charge on any atom is 0.237 e. The fourth-order valence-corrected chi connectivity index (χ4v) is 2.36. The fourth-order valence-electron chi connectivity index (χ4n) is 1.91. The third-order valence-corrected chi connectivity index (χ3v) is 3.99. The van der Waals surface area contributed by atoms with Gasteiger partial charge in [0.15, 0.2) is 0 Å². The molecule has 0 aliphatic heterocycles. The van der Waals surface area contributed by atoms with Gasteiger partial charge in [-0.15, -0.1) is 10.2 Å². The third-order valence-electron chi connectivity index (χ3n) is 2.96. The predicted octanol–water partition coefficient (Wildman–Crippen LogP) is 3.63. The van der Waals surface area contributed by atoms with Crippen molar-refractivity contribution in [1.82, 2.24) is 20.0 Å². The second kappa shape index (κ2) is 5.99. The molecule has 0 atom stereocenters. The summed E-state index contributed by atoms with van der Waals surface area (Å²) in [6.45, 7) is 2.39. The molecule has 0 saturated heterocycles. The fraction of sp³-hybridized carbons (Fsp3) is 0.214. The Balaban J connectivity index is 1.69. The number of aromatic nitrogens is 4. The lowest BCUT2D eigenvalue weighted by Crippen LogP contribution is -2.00. The van der Waals surface area contributed by atoms with Crippen molar-refractivity contribution in [3.63, 3.8) is 0 Å². The Kier molecular flexibility index (Phi) is 4.07. The molecule has 0 unspecified atom stereocenters. The van der Waals surface area contributed by atoms with Gasteiger partial charge in [-0.1, -0.05) is 23.7 Å². The van der Waals surface area contributed by atoms with Gasteiger partial charge in [-0.3, -0.25) is 4.68 Å². The van der Waals surface area contributed by atoms with Gasteiger partial charge in [-0.25, -0.2) is 0 Å². The van der Waals surface area contributed by atoms with Crippen LogP contribution < -0.4 is 0 Å². The minimum absolute atomic E-state index is 0.458. The number of nitrogens with zero attached hydrogens (tertiary/aromatic N) is 4. The molecule has 108 valence electrons. The van der Waals surface area contributed by atoms with Crippen LogP contribution in [0.2, 0.25) is 5.02 Å². The predicted molar refractivity (Wildman–Crippen MR) is 82.3 cm³/mol. The molecule has 0 N–H and O–H groups in total. The molecule has 3 rings (SSSR count). The Morgan fingerprint density at radius 2 is 1.90 bits per heavy atom. The molecule has 21 heavy (non-hydrogen) atoms. The highest BCUT2D eigenvalue weighted by molar-refractivity contribution is 9.10. The summed E-state index contributed by atoms with van der Waals surface area (Å²) in [6.07, 6.45) is 2.48. The summed E-state index contributed by atoms with van der Waals surface area (Å²) in [5.74, 6) is 1.12. The average Bonchev–Trinajstić information content (AvgIpc) is 3.00. The van der Waals surface area contributed by atoms with Crippen molar-refractivity contribution in [3.8, 4) is 0 Å². The van der Waals surface area contributed by atoms with Gasteiger partial charge < -0.3 is 4.42 Å². The first kappa shape index (κ1) is 14.3. The van der Waals surface area contributed by atoms with Crippen LogP contribution in [0.4, 0.5) is 0 Å². The van der Waals surface area contributed by atoms with Crippen LogP contribution in [0.25, 0.3) is 0 Å². The Morgan fingerprint density at radius 3 is 2.57 bits per heavy atom. The molecule has 5 nitrogen and oxygen atoms in total. The summed E-state index contributed by atoms with van der Waals surface area (Å²) >= 11 is 9.28. The van der Waals surface area contributed by atoms with Crippen LogP contribution in [0.1, 0.15) is 23.0 Å². The first-order valence-corrected chi connectivity index (χ1v) is 7.52. The third kappa shape index (κ3) is 3.51. The van der Waals surface area contributed by atoms with Gasteiger partial charge in [0, 0.05) is 11.2 Å². The molecular formula is C14H12BrClN4O. The summed E-state index contributed by atoms with van der Waals surface area (Å²) in [5.41, 5.74) is 2.00. The molecule has 0 radical (unpaired) electrons. The normalized spacial score (nSPS) is 11.0. The second-order valence-corrected chi connectivity index (χ2v) is 5.94. The van der Waals surface area contributed by atoms with E-state index in [-0.39, 0.29) is 0 Å². The molecule has 0 saturated carbocycles. The van der Waals surface area contributed by atoms with E-state index in [0.29, 0.717) is 29.8 Å². The van der Waals surface area contributed by atoms with Crippen LogP contribution in [-0.2, 0) is 13.0 Å². The van der Waals surface area contributed by atoms with Crippen molar-refractivity contribution in [2.24, 2.45) is 0 Å². The van der Waals surface area contributed by atoms with Gasteiger partial charge >= 0.3 is 0 Å². The number of hydrogen-bond donors (Lipinski definition) is 0. The Hall–Kier alpha value is -1.66. The minimum Gasteiger partial charge on any atom is -0.423 e. The van der Waals surface area contributed by atoms with Gasteiger partial charge in [0.1, 0.15) is 6.54 Å². The maximum absolute atomic E-state index is 5.86. The summed E-state index contributed by atoms with van der Waals surface area (Å²) in [7, 11) is 0. The Labute approximate surface area is 135 Å². The van der Waals surface area contributed by atoms with Gasteiger partial charge in [0.25, 0.3) is 0 Å². The zero-order valence-electron chi connectivity index (χ0n) is 11.3. The van der Waals surface area contributed by atoms with Gasteiger partial charge in [0.2, 0.25) is 11.8 Å². The molecule has 0 spiro atoms. The van der Waals surface area contributed by atoms with Gasteiger partial charge in [-0.2, -0.15) is 5.10 Å². The highest BCUT2D eigenvalue weighted by Gasteiger charge is 2.09. The van der Waals surface area contributed by atoms with E-state index in [4.69, 9.17) is 16.0 Å². The highest BCUT2D eigenvalue weighted by atomic mass is 79.9. The van der Waals surface area contributed by atoms with E-state index in [1.807, 2.05) is 37.4 Å². The van der Waals surface area contributed by atoms with E-state index in [9.17, 15) is 0 Å². The van der Waals surface area contributed by atoms with E-state index in [2.05, 4.69) is 31.2 Å². The van der Waals surface area contributed by atoms with E-state index < -0.39 is 0 Å². The lowest BCUT2D eigenvalue weighted by atomic mass is 10.1. The maximum atomic E-state index is 5.86. The first-order chi connectivity index (χ1) is 10.1. The van der Waals surface area contributed by atoms with E-state index in [1.54, 1.807) is 4.68 Å². The lowest BCUT2D eigenvalue weighted by molar-refractivity contribution is 0.436. The van der Waals surface area contributed by atoms with Crippen LogP contribution >= 0.6 is 27.5 Å². The molecule has 3 aromatic rings. The van der Waals surface area contributed by atoms with Crippen molar-refractivity contribution in [2.45, 2.75) is 19.9 Å². The van der Waals surface area contributed by atoms with Crippen LogP contribution in [0, 0.1) is 6.92 Å². The number of rotatable bonds is 4. The standard InChI is InChI=1S/C14H12BrClN4O/c1-9-12(15)7-20(19-9)8-14-18-17-13(21-14)6-10-2-4-11(16)5-3-10/h2-5,7H,6,8H2,1H3. The first-order valence-electron chi connectivity index (χ1n) is 6.35. The molecule has 0 aliphatic carbocycles. The van der Waals surface area contributed by atoms with E-state index in [1.165, 1.54) is 0 Å². The SMILES string of the molecule is Cc1nn(Cc2nnc(Cc3ccc(Cl)cc3)o2)cc1Br. The summed E-state index contributed by atoms with van der Waals surface area (Å²) in [5, 5.41) is 13.2. The Morgan fingerprint density at radius 1 is 1.19 bits per heavy atom. The van der Waals surface area contributed by atoms with Gasteiger partial charge in [0.05, 0.1) is 16.6 Å². The topological polar surface area (TPSA) is 56.7 Å². The van der Waals surface area contributed by atoms with Crippen molar-refractivity contribution >= 4 is 27.5 Å². The van der Waals surface area contributed by atoms with Crippen LogP contribution in [-0.4, -0.2) is 20.0 Å². The summed E-state index contributed by atoms with van der Waals surface area (Å²) in [6, 6.07) is 7.58. The molecule has 0 bridgehead atoms. The molecule has 2 heterocycles.